The van der Waals surface area contributed by atoms with Crippen molar-refractivity contribution >= 4 is 27.0 Å². The number of benzene rings is 1. The highest BCUT2D eigenvalue weighted by Gasteiger charge is 2.08. The van der Waals surface area contributed by atoms with Crippen LogP contribution >= 0.6 is 11.3 Å². The smallest absolute Gasteiger partial charge is 0.0626 e. The van der Waals surface area contributed by atoms with E-state index in [4.69, 9.17) is 0 Å². The van der Waals surface area contributed by atoms with Gasteiger partial charge in [0.15, 0.2) is 0 Å². The molecular formula is C13H12OS2. The second-order valence-corrected chi connectivity index (χ2v) is 5.86. The Hall–Kier alpha value is -1.19. The Labute approximate surface area is 102 Å². The Balaban J connectivity index is 2.09. The van der Waals surface area contributed by atoms with Gasteiger partial charge in [-0.25, -0.2) is 0 Å². The van der Waals surface area contributed by atoms with E-state index in [1.54, 1.807) is 11.3 Å². The zero-order valence-electron chi connectivity index (χ0n) is 8.76. The summed E-state index contributed by atoms with van der Waals surface area (Å²) in [6.45, 7) is 3.91. The molecule has 1 nitrogen and oxygen atoms in total. The molecule has 16 heavy (non-hydrogen) atoms. The van der Waals surface area contributed by atoms with Crippen molar-refractivity contribution in [3.63, 3.8) is 0 Å². The molecule has 1 heterocycles. The minimum atomic E-state index is -1.03. The van der Waals surface area contributed by atoms with Crippen molar-refractivity contribution < 1.29 is 4.21 Å². The molecular weight excluding hydrogens is 236 g/mol. The van der Waals surface area contributed by atoms with E-state index in [2.05, 4.69) is 6.58 Å². The first-order valence-electron chi connectivity index (χ1n) is 4.92. The molecule has 0 radical (unpaired) electrons. The molecule has 82 valence electrons. The van der Waals surface area contributed by atoms with Gasteiger partial charge >= 0.3 is 0 Å². The summed E-state index contributed by atoms with van der Waals surface area (Å²) >= 11 is 1.63. The third-order valence-electron chi connectivity index (χ3n) is 2.22. The van der Waals surface area contributed by atoms with E-state index in [0.717, 1.165) is 10.4 Å². The van der Waals surface area contributed by atoms with Crippen LogP contribution in [0.1, 0.15) is 10.4 Å². The first-order chi connectivity index (χ1) is 7.77. The van der Waals surface area contributed by atoms with Gasteiger partial charge in [0.25, 0.3) is 0 Å². The molecule has 0 bridgehead atoms. The fourth-order valence-electron chi connectivity index (χ4n) is 1.37. The quantitative estimate of drug-likeness (QED) is 0.807. The van der Waals surface area contributed by atoms with Gasteiger partial charge in [0.05, 0.1) is 16.6 Å². The van der Waals surface area contributed by atoms with Crippen LogP contribution < -0.4 is 0 Å². The Morgan fingerprint density at radius 2 is 1.94 bits per heavy atom. The first kappa shape index (κ1) is 11.3. The van der Waals surface area contributed by atoms with Gasteiger partial charge in [0.2, 0.25) is 0 Å². The predicted octanol–water partition coefficient (Wildman–Crippen LogP) is 3.67. The lowest BCUT2D eigenvalue weighted by Crippen LogP contribution is -1.96. The summed E-state index contributed by atoms with van der Waals surface area (Å²) in [5, 5.41) is 2.00. The van der Waals surface area contributed by atoms with Crippen molar-refractivity contribution in [2.45, 2.75) is 5.75 Å². The van der Waals surface area contributed by atoms with Crippen molar-refractivity contribution in [2.75, 3.05) is 0 Å². The predicted molar refractivity (Wildman–Crippen MR) is 71.6 cm³/mol. The van der Waals surface area contributed by atoms with Crippen molar-refractivity contribution in [2.24, 2.45) is 0 Å². The van der Waals surface area contributed by atoms with Crippen LogP contribution in [0.4, 0.5) is 0 Å². The Bertz CT molecular complexity index is 486. The Kier molecular flexibility index (Phi) is 3.70. The third kappa shape index (κ3) is 2.68. The summed E-state index contributed by atoms with van der Waals surface area (Å²) in [7, 11) is -1.03. The topological polar surface area (TPSA) is 17.1 Å². The molecule has 2 aromatic rings. The molecule has 0 aliphatic rings. The zero-order valence-corrected chi connectivity index (χ0v) is 10.4. The molecule has 0 spiro atoms. The summed E-state index contributed by atoms with van der Waals surface area (Å²) in [5.74, 6) is 0.561. The normalized spacial score (nSPS) is 12.2. The zero-order chi connectivity index (χ0) is 11.4. The monoisotopic (exact) mass is 248 g/mol. The van der Waals surface area contributed by atoms with E-state index in [1.807, 2.05) is 47.8 Å². The van der Waals surface area contributed by atoms with E-state index in [-0.39, 0.29) is 0 Å². The SMILES string of the molecule is C=C(c1ccccc1)[S@@](=O)Cc1cccs1. The van der Waals surface area contributed by atoms with Crippen LogP contribution in [0.3, 0.4) is 0 Å². The van der Waals surface area contributed by atoms with Crippen molar-refractivity contribution in [1.29, 1.82) is 0 Å². The van der Waals surface area contributed by atoms with Crippen molar-refractivity contribution in [3.05, 3.63) is 64.9 Å². The van der Waals surface area contributed by atoms with Gasteiger partial charge in [-0.1, -0.05) is 43.0 Å². The molecule has 0 N–H and O–H groups in total. The second kappa shape index (κ2) is 5.23. The minimum absolute atomic E-state index is 0.561. The van der Waals surface area contributed by atoms with Gasteiger partial charge in [-0.2, -0.15) is 0 Å². The molecule has 1 atom stereocenters. The first-order valence-corrected chi connectivity index (χ1v) is 7.12. The molecule has 0 fully saturated rings. The summed E-state index contributed by atoms with van der Waals surface area (Å²) in [4.78, 5) is 1.84. The lowest BCUT2D eigenvalue weighted by molar-refractivity contribution is 0.689. The van der Waals surface area contributed by atoms with Crippen LogP contribution in [0.5, 0.6) is 0 Å². The molecule has 0 aliphatic heterocycles. The highest BCUT2D eigenvalue weighted by Crippen LogP contribution is 2.20. The fourth-order valence-corrected chi connectivity index (χ4v) is 3.38. The van der Waals surface area contributed by atoms with Crippen LogP contribution in [-0.2, 0) is 16.6 Å². The van der Waals surface area contributed by atoms with Gasteiger partial charge in [-0.3, -0.25) is 4.21 Å². The largest absolute Gasteiger partial charge is 0.254 e. The summed E-state index contributed by atoms with van der Waals surface area (Å²) in [6, 6.07) is 13.7. The van der Waals surface area contributed by atoms with Crippen LogP contribution in [-0.4, -0.2) is 4.21 Å². The van der Waals surface area contributed by atoms with E-state index < -0.39 is 10.8 Å². The molecule has 0 saturated carbocycles. The maximum Gasteiger partial charge on any atom is 0.0626 e. The number of rotatable bonds is 4. The molecule has 1 aromatic carbocycles. The van der Waals surface area contributed by atoms with Gasteiger partial charge in [-0.05, 0) is 17.0 Å². The van der Waals surface area contributed by atoms with Gasteiger partial charge in [0, 0.05) is 9.78 Å². The molecule has 1 aromatic heterocycles. The van der Waals surface area contributed by atoms with Gasteiger partial charge < -0.3 is 0 Å². The lowest BCUT2D eigenvalue weighted by atomic mass is 10.2. The molecule has 0 unspecified atom stereocenters. The summed E-state index contributed by atoms with van der Waals surface area (Å²) < 4.78 is 12.0. The maximum atomic E-state index is 12.0. The number of hydrogen-bond donors (Lipinski definition) is 0. The van der Waals surface area contributed by atoms with Crippen LogP contribution in [0, 0.1) is 0 Å². The minimum Gasteiger partial charge on any atom is -0.254 e. The molecule has 2 rings (SSSR count). The van der Waals surface area contributed by atoms with E-state index in [0.29, 0.717) is 10.7 Å². The summed E-state index contributed by atoms with van der Waals surface area (Å²) in [6.07, 6.45) is 0. The van der Waals surface area contributed by atoms with E-state index >= 15 is 0 Å². The van der Waals surface area contributed by atoms with Crippen LogP contribution in [0.2, 0.25) is 0 Å². The number of thiophene rings is 1. The molecule has 0 amide bonds. The molecule has 0 saturated heterocycles. The standard InChI is InChI=1S/C13H12OS2/c1-11(12-6-3-2-4-7-12)16(14)10-13-8-5-9-15-13/h2-9H,1,10H2/t16-/m0/s1. The Morgan fingerprint density at radius 1 is 1.19 bits per heavy atom. The molecule has 0 aliphatic carbocycles. The van der Waals surface area contributed by atoms with Crippen molar-refractivity contribution in [1.82, 2.24) is 0 Å². The van der Waals surface area contributed by atoms with Gasteiger partial charge in [-0.15, -0.1) is 11.3 Å². The second-order valence-electron chi connectivity index (χ2n) is 3.36. The Morgan fingerprint density at radius 3 is 2.56 bits per heavy atom. The highest BCUT2D eigenvalue weighted by molar-refractivity contribution is 7.93. The highest BCUT2D eigenvalue weighted by atomic mass is 32.2. The van der Waals surface area contributed by atoms with E-state index in [1.165, 1.54) is 0 Å². The average Bonchev–Trinajstić information content (AvgIpc) is 2.82. The lowest BCUT2D eigenvalue weighted by Gasteiger charge is -2.04. The fraction of sp³-hybridized carbons (Fsp3) is 0.0769. The number of hydrogen-bond acceptors (Lipinski definition) is 2. The maximum absolute atomic E-state index is 12.0. The summed E-state index contributed by atoms with van der Waals surface area (Å²) in [5.41, 5.74) is 0.956. The van der Waals surface area contributed by atoms with Crippen molar-refractivity contribution in [3.8, 4) is 0 Å². The average molecular weight is 248 g/mol. The third-order valence-corrected chi connectivity index (χ3v) is 4.64. The van der Waals surface area contributed by atoms with Gasteiger partial charge in [0.1, 0.15) is 0 Å². The van der Waals surface area contributed by atoms with Crippen LogP contribution in [0.25, 0.3) is 4.91 Å². The molecule has 3 heteroatoms. The van der Waals surface area contributed by atoms with Crippen LogP contribution in [0.15, 0.2) is 54.4 Å². The van der Waals surface area contributed by atoms with E-state index in [9.17, 15) is 4.21 Å².